The quantitative estimate of drug-likeness (QED) is 0.500. The number of nitrogens with zero attached hydrogens (tertiary/aromatic N) is 1. The Hall–Kier alpha value is -2.97. The molecule has 1 saturated carbocycles. The molecule has 0 saturated heterocycles. The molecule has 0 spiro atoms. The van der Waals surface area contributed by atoms with Crippen molar-refractivity contribution in [2.75, 3.05) is 13.7 Å². The van der Waals surface area contributed by atoms with Gasteiger partial charge >= 0.3 is 5.69 Å². The van der Waals surface area contributed by atoms with Crippen molar-refractivity contribution in [3.63, 3.8) is 0 Å². The van der Waals surface area contributed by atoms with E-state index >= 15 is 0 Å². The number of nitro benzene ring substituents is 1. The molecule has 0 aliphatic heterocycles. The molecule has 3 rings (SSSR count). The van der Waals surface area contributed by atoms with E-state index in [0.717, 1.165) is 31.0 Å². The van der Waals surface area contributed by atoms with E-state index in [-0.39, 0.29) is 22.8 Å². The molecule has 0 amide bonds. The zero-order valence-corrected chi connectivity index (χ0v) is 14.3. The summed E-state index contributed by atoms with van der Waals surface area (Å²) in [6.45, 7) is -0.180. The van der Waals surface area contributed by atoms with E-state index in [1.165, 1.54) is 13.2 Å². The van der Waals surface area contributed by atoms with E-state index in [0.29, 0.717) is 12.5 Å². The van der Waals surface area contributed by atoms with Crippen molar-refractivity contribution in [3.05, 3.63) is 57.4 Å². The van der Waals surface area contributed by atoms with Gasteiger partial charge < -0.3 is 14.2 Å². The van der Waals surface area contributed by atoms with E-state index in [1.807, 2.05) is 0 Å². The van der Waals surface area contributed by atoms with Crippen LogP contribution in [0.2, 0.25) is 0 Å². The molecule has 9 heteroatoms. The van der Waals surface area contributed by atoms with Crippen LogP contribution in [0.1, 0.15) is 18.4 Å². The molecule has 0 N–H and O–H groups in total. The fourth-order valence-electron chi connectivity index (χ4n) is 2.43. The molecular formula is C18H16F3NO5. The largest absolute Gasteiger partial charge is 0.496 e. The second-order valence-corrected chi connectivity index (χ2v) is 6.09. The Bertz CT molecular complexity index is 871. The SMILES string of the molecule is COc1ccc(F)c(F)c1COc1cc([N+](=O)[O-])c(F)cc1OCC1CC1. The average molecular weight is 383 g/mol. The van der Waals surface area contributed by atoms with Gasteiger partial charge in [0.25, 0.3) is 0 Å². The number of rotatable bonds is 8. The number of ether oxygens (including phenoxy) is 3. The summed E-state index contributed by atoms with van der Waals surface area (Å²) in [5.41, 5.74) is -1.02. The summed E-state index contributed by atoms with van der Waals surface area (Å²) >= 11 is 0. The molecule has 0 atom stereocenters. The number of hydrogen-bond donors (Lipinski definition) is 0. The van der Waals surface area contributed by atoms with Gasteiger partial charge in [0.15, 0.2) is 23.1 Å². The third-order valence-corrected chi connectivity index (χ3v) is 4.13. The fraction of sp³-hybridized carbons (Fsp3) is 0.333. The topological polar surface area (TPSA) is 70.8 Å². The van der Waals surface area contributed by atoms with Crippen LogP contribution >= 0.6 is 0 Å². The maximum Gasteiger partial charge on any atom is 0.308 e. The lowest BCUT2D eigenvalue weighted by Gasteiger charge is -2.15. The zero-order chi connectivity index (χ0) is 19.6. The first-order valence-electron chi connectivity index (χ1n) is 8.15. The molecule has 0 heterocycles. The second-order valence-electron chi connectivity index (χ2n) is 6.09. The predicted molar refractivity (Wildman–Crippen MR) is 88.5 cm³/mol. The van der Waals surface area contributed by atoms with Crippen LogP contribution in [0, 0.1) is 33.5 Å². The molecule has 2 aromatic rings. The number of halogens is 3. The van der Waals surface area contributed by atoms with Gasteiger partial charge in [-0.05, 0) is 30.9 Å². The van der Waals surface area contributed by atoms with Gasteiger partial charge in [-0.2, -0.15) is 4.39 Å². The van der Waals surface area contributed by atoms with E-state index in [2.05, 4.69) is 0 Å². The van der Waals surface area contributed by atoms with Crippen LogP contribution in [-0.2, 0) is 6.61 Å². The normalized spacial score (nSPS) is 13.3. The van der Waals surface area contributed by atoms with Gasteiger partial charge in [0.05, 0.1) is 30.3 Å². The fourth-order valence-corrected chi connectivity index (χ4v) is 2.43. The lowest BCUT2D eigenvalue weighted by molar-refractivity contribution is -0.387. The van der Waals surface area contributed by atoms with E-state index in [9.17, 15) is 23.3 Å². The number of benzene rings is 2. The van der Waals surface area contributed by atoms with Crippen LogP contribution < -0.4 is 14.2 Å². The van der Waals surface area contributed by atoms with Gasteiger partial charge in [0.1, 0.15) is 12.4 Å². The van der Waals surface area contributed by atoms with Gasteiger partial charge in [-0.25, -0.2) is 8.78 Å². The van der Waals surface area contributed by atoms with Crippen LogP contribution in [0.15, 0.2) is 24.3 Å². The molecular weight excluding hydrogens is 367 g/mol. The Labute approximate surface area is 152 Å². The standard InChI is InChI=1S/C18H16F3NO5/c1-25-15-5-4-12(19)18(21)11(15)9-27-17-7-14(22(23)24)13(20)6-16(17)26-8-10-2-3-10/h4-7,10H,2-3,8-9H2,1H3. The van der Waals surface area contributed by atoms with Crippen molar-refractivity contribution in [1.29, 1.82) is 0 Å². The minimum atomic E-state index is -1.16. The van der Waals surface area contributed by atoms with Crippen LogP contribution in [0.5, 0.6) is 17.2 Å². The Morgan fingerprint density at radius 3 is 2.41 bits per heavy atom. The second kappa shape index (κ2) is 7.73. The highest BCUT2D eigenvalue weighted by Crippen LogP contribution is 2.37. The molecule has 2 aromatic carbocycles. The lowest BCUT2D eigenvalue weighted by atomic mass is 10.2. The van der Waals surface area contributed by atoms with Gasteiger partial charge in [0.2, 0.25) is 5.82 Å². The molecule has 144 valence electrons. The monoisotopic (exact) mass is 383 g/mol. The Morgan fingerprint density at radius 2 is 1.78 bits per heavy atom. The van der Waals surface area contributed by atoms with Crippen LogP contribution in [0.3, 0.4) is 0 Å². The molecule has 1 fully saturated rings. The Balaban J connectivity index is 1.89. The molecule has 0 radical (unpaired) electrons. The third kappa shape index (κ3) is 4.24. The third-order valence-electron chi connectivity index (χ3n) is 4.13. The molecule has 0 bridgehead atoms. The summed E-state index contributed by atoms with van der Waals surface area (Å²) in [5.74, 6) is -3.12. The highest BCUT2D eigenvalue weighted by atomic mass is 19.2. The maximum absolute atomic E-state index is 14.1. The first-order valence-corrected chi connectivity index (χ1v) is 8.15. The van der Waals surface area contributed by atoms with Gasteiger partial charge in [-0.15, -0.1) is 0 Å². The number of nitro groups is 1. The first-order chi connectivity index (χ1) is 12.9. The molecule has 0 unspecified atom stereocenters. The summed E-state index contributed by atoms with van der Waals surface area (Å²) in [6, 6.07) is 3.86. The van der Waals surface area contributed by atoms with Crippen molar-refractivity contribution in [2.45, 2.75) is 19.4 Å². The van der Waals surface area contributed by atoms with E-state index < -0.39 is 34.7 Å². The van der Waals surface area contributed by atoms with Gasteiger partial charge in [-0.3, -0.25) is 10.1 Å². The van der Waals surface area contributed by atoms with Crippen molar-refractivity contribution in [3.8, 4) is 17.2 Å². The van der Waals surface area contributed by atoms with Crippen molar-refractivity contribution in [2.24, 2.45) is 5.92 Å². The van der Waals surface area contributed by atoms with Gasteiger partial charge in [-0.1, -0.05) is 0 Å². The van der Waals surface area contributed by atoms with Crippen molar-refractivity contribution < 1.29 is 32.3 Å². The highest BCUT2D eigenvalue weighted by molar-refractivity contribution is 5.50. The highest BCUT2D eigenvalue weighted by Gasteiger charge is 2.25. The minimum Gasteiger partial charge on any atom is -0.496 e. The zero-order valence-electron chi connectivity index (χ0n) is 14.3. The predicted octanol–water partition coefficient (Wildman–Crippen LogP) is 4.39. The minimum absolute atomic E-state index is 0.0409. The molecule has 1 aliphatic carbocycles. The molecule has 6 nitrogen and oxygen atoms in total. The summed E-state index contributed by atoms with van der Waals surface area (Å²) in [4.78, 5) is 10.1. The summed E-state index contributed by atoms with van der Waals surface area (Å²) in [5, 5.41) is 11.0. The Morgan fingerprint density at radius 1 is 1.07 bits per heavy atom. The van der Waals surface area contributed by atoms with Crippen molar-refractivity contribution >= 4 is 5.69 Å². The van der Waals surface area contributed by atoms with Crippen LogP contribution in [-0.4, -0.2) is 18.6 Å². The maximum atomic E-state index is 14.1. The van der Waals surface area contributed by atoms with Crippen LogP contribution in [0.4, 0.5) is 18.9 Å². The number of methoxy groups -OCH3 is 1. The van der Waals surface area contributed by atoms with E-state index in [4.69, 9.17) is 14.2 Å². The molecule has 1 aliphatic rings. The molecule has 0 aromatic heterocycles. The number of hydrogen-bond acceptors (Lipinski definition) is 5. The summed E-state index contributed by atoms with van der Waals surface area (Å²) < 4.78 is 57.3. The average Bonchev–Trinajstić information content (AvgIpc) is 3.46. The lowest BCUT2D eigenvalue weighted by Crippen LogP contribution is -2.07. The van der Waals surface area contributed by atoms with Crippen LogP contribution in [0.25, 0.3) is 0 Å². The summed E-state index contributed by atoms with van der Waals surface area (Å²) in [6.07, 6.45) is 1.97. The Kier molecular flexibility index (Phi) is 5.38. The van der Waals surface area contributed by atoms with Crippen molar-refractivity contribution in [1.82, 2.24) is 0 Å². The van der Waals surface area contributed by atoms with E-state index in [1.54, 1.807) is 0 Å². The summed E-state index contributed by atoms with van der Waals surface area (Å²) in [7, 11) is 1.28. The smallest absolute Gasteiger partial charge is 0.308 e. The van der Waals surface area contributed by atoms with Gasteiger partial charge in [0, 0.05) is 6.07 Å². The molecule has 27 heavy (non-hydrogen) atoms. The first kappa shape index (κ1) is 18.8.